The second-order valence-corrected chi connectivity index (χ2v) is 11.2. The summed E-state index contributed by atoms with van der Waals surface area (Å²) in [6.45, 7) is 6.20. The van der Waals surface area contributed by atoms with Gasteiger partial charge in [0.25, 0.3) is 0 Å². The summed E-state index contributed by atoms with van der Waals surface area (Å²) in [5.74, 6) is -0.520. The van der Waals surface area contributed by atoms with Crippen LogP contribution < -0.4 is 11.5 Å². The van der Waals surface area contributed by atoms with Crippen LogP contribution in [-0.2, 0) is 14.3 Å². The van der Waals surface area contributed by atoms with Crippen LogP contribution >= 0.6 is 0 Å². The molecule has 0 heterocycles. The molecule has 2 atom stereocenters. The largest absolute Gasteiger partial charge is 0.379 e. The minimum absolute atomic E-state index is 0.348. The van der Waals surface area contributed by atoms with E-state index in [0.29, 0.717) is 19.8 Å². The second kappa shape index (κ2) is 29.9. The summed E-state index contributed by atoms with van der Waals surface area (Å²) in [5, 5.41) is 0. The molecule has 37 heavy (non-hydrogen) atoms. The maximum absolute atomic E-state index is 11.6. The molecular weight excluding hydrogens is 460 g/mol. The van der Waals surface area contributed by atoms with Gasteiger partial charge in [0.1, 0.15) is 12.1 Å². The van der Waals surface area contributed by atoms with Crippen molar-refractivity contribution in [2.45, 2.75) is 180 Å². The molecule has 1 amide bonds. The molecular formula is C32H66N2O3. The lowest BCUT2D eigenvalue weighted by atomic mass is 10.1. The molecule has 0 rings (SSSR count). The van der Waals surface area contributed by atoms with E-state index in [0.717, 1.165) is 19.3 Å². The highest BCUT2D eigenvalue weighted by molar-refractivity contribution is 5.80. The normalized spacial score (nSPS) is 13.2. The van der Waals surface area contributed by atoms with Gasteiger partial charge in [0, 0.05) is 13.2 Å². The number of ether oxygens (including phenoxy) is 2. The van der Waals surface area contributed by atoms with Crippen molar-refractivity contribution < 1.29 is 14.3 Å². The summed E-state index contributed by atoms with van der Waals surface area (Å²) >= 11 is 0. The number of carbonyl (C=O) groups excluding carboxylic acids is 1. The summed E-state index contributed by atoms with van der Waals surface area (Å²) < 4.78 is 11.7. The zero-order valence-electron chi connectivity index (χ0n) is 25.1. The zero-order valence-corrected chi connectivity index (χ0v) is 25.1. The molecule has 0 aliphatic carbocycles. The molecule has 2 unspecified atom stereocenters. The monoisotopic (exact) mass is 527 g/mol. The van der Waals surface area contributed by atoms with E-state index in [2.05, 4.69) is 13.8 Å². The predicted octanol–water partition coefficient (Wildman–Crippen LogP) is 8.60. The van der Waals surface area contributed by atoms with Crippen LogP contribution in [0.3, 0.4) is 0 Å². The first-order chi connectivity index (χ1) is 18.1. The number of amides is 1. The summed E-state index contributed by atoms with van der Waals surface area (Å²) in [4.78, 5) is 11.6. The van der Waals surface area contributed by atoms with E-state index in [-0.39, 0.29) is 0 Å². The predicted molar refractivity (Wildman–Crippen MR) is 160 cm³/mol. The maximum atomic E-state index is 11.6. The van der Waals surface area contributed by atoms with Gasteiger partial charge in [-0.2, -0.15) is 0 Å². The quantitative estimate of drug-likeness (QED) is 0.0885. The van der Waals surface area contributed by atoms with Crippen LogP contribution in [0.25, 0.3) is 0 Å². The third kappa shape index (κ3) is 26.7. The van der Waals surface area contributed by atoms with Gasteiger partial charge in [-0.15, -0.1) is 0 Å². The molecule has 0 bridgehead atoms. The summed E-state index contributed by atoms with van der Waals surface area (Å²) in [6, 6.07) is -0.806. The smallest absolute Gasteiger partial charge is 0.237 e. The first kappa shape index (κ1) is 36.4. The van der Waals surface area contributed by atoms with Crippen LogP contribution in [0.5, 0.6) is 0 Å². The fourth-order valence-corrected chi connectivity index (χ4v) is 4.86. The number of rotatable bonds is 31. The molecule has 0 saturated carbocycles. The highest BCUT2D eigenvalue weighted by Crippen LogP contribution is 2.13. The Kier molecular flexibility index (Phi) is 29.4. The molecule has 4 N–H and O–H groups in total. The molecule has 5 heteroatoms. The third-order valence-electron chi connectivity index (χ3n) is 7.48. The Morgan fingerprint density at radius 2 is 0.865 bits per heavy atom. The lowest BCUT2D eigenvalue weighted by Gasteiger charge is -2.22. The van der Waals surface area contributed by atoms with Gasteiger partial charge >= 0.3 is 0 Å². The molecule has 0 aliphatic rings. The van der Waals surface area contributed by atoms with E-state index >= 15 is 0 Å². The van der Waals surface area contributed by atoms with Crippen LogP contribution in [0.1, 0.15) is 168 Å². The molecule has 0 saturated heterocycles. The molecule has 5 nitrogen and oxygen atoms in total. The van der Waals surface area contributed by atoms with Crippen LogP contribution in [0.4, 0.5) is 0 Å². The minimum Gasteiger partial charge on any atom is -0.379 e. The van der Waals surface area contributed by atoms with Crippen molar-refractivity contribution in [2.75, 3.05) is 19.8 Å². The van der Waals surface area contributed by atoms with Gasteiger partial charge in [0.05, 0.1) is 6.61 Å². The number of hydrogen-bond acceptors (Lipinski definition) is 4. The van der Waals surface area contributed by atoms with Gasteiger partial charge in [0.2, 0.25) is 5.91 Å². The fourth-order valence-electron chi connectivity index (χ4n) is 4.86. The van der Waals surface area contributed by atoms with Crippen molar-refractivity contribution in [2.24, 2.45) is 11.5 Å². The van der Waals surface area contributed by atoms with Crippen molar-refractivity contribution >= 4 is 5.91 Å². The highest BCUT2D eigenvalue weighted by Gasteiger charge is 2.23. The first-order valence-corrected chi connectivity index (χ1v) is 16.4. The molecule has 0 radical (unpaired) electrons. The van der Waals surface area contributed by atoms with Gasteiger partial charge in [0.15, 0.2) is 0 Å². The van der Waals surface area contributed by atoms with E-state index in [9.17, 15) is 4.79 Å². The lowest BCUT2D eigenvalue weighted by molar-refractivity contribution is -0.124. The fraction of sp³-hybridized carbons (Fsp3) is 0.969. The maximum Gasteiger partial charge on any atom is 0.237 e. The molecule has 0 aromatic heterocycles. The Labute approximate surface area is 231 Å². The topological polar surface area (TPSA) is 87.6 Å². The Bertz CT molecular complexity index is 461. The van der Waals surface area contributed by atoms with Crippen molar-refractivity contribution in [3.8, 4) is 0 Å². The van der Waals surface area contributed by atoms with E-state index in [4.69, 9.17) is 20.9 Å². The van der Waals surface area contributed by atoms with Gasteiger partial charge in [-0.1, -0.05) is 155 Å². The number of nitrogens with two attached hydrogens (primary N) is 2. The number of carbonyl (C=O) groups is 1. The third-order valence-corrected chi connectivity index (χ3v) is 7.48. The van der Waals surface area contributed by atoms with Crippen molar-refractivity contribution in [1.82, 2.24) is 0 Å². The summed E-state index contributed by atoms with van der Waals surface area (Å²) in [6.07, 6.45) is 31.2. The summed E-state index contributed by atoms with van der Waals surface area (Å²) in [5.41, 5.74) is 11.4. The van der Waals surface area contributed by atoms with Crippen LogP contribution in [-0.4, -0.2) is 37.9 Å². The average molecular weight is 527 g/mol. The molecule has 0 spiro atoms. The molecule has 0 aromatic carbocycles. The van der Waals surface area contributed by atoms with Crippen molar-refractivity contribution in [3.63, 3.8) is 0 Å². The van der Waals surface area contributed by atoms with E-state index in [1.54, 1.807) is 0 Å². The number of hydrogen-bond donors (Lipinski definition) is 2. The van der Waals surface area contributed by atoms with Crippen molar-refractivity contribution in [3.05, 3.63) is 0 Å². The molecule has 0 aromatic rings. The summed E-state index contributed by atoms with van der Waals surface area (Å²) in [7, 11) is 0. The Morgan fingerprint density at radius 1 is 0.541 bits per heavy atom. The molecule has 0 fully saturated rings. The lowest BCUT2D eigenvalue weighted by Crippen LogP contribution is -2.49. The Hall–Kier alpha value is -0.650. The van der Waals surface area contributed by atoms with E-state index in [1.165, 1.54) is 135 Å². The second-order valence-electron chi connectivity index (χ2n) is 11.2. The highest BCUT2D eigenvalue weighted by atomic mass is 16.5. The average Bonchev–Trinajstić information content (AvgIpc) is 2.89. The van der Waals surface area contributed by atoms with Gasteiger partial charge in [-0.25, -0.2) is 0 Å². The Morgan fingerprint density at radius 3 is 1.22 bits per heavy atom. The van der Waals surface area contributed by atoms with Crippen molar-refractivity contribution in [1.29, 1.82) is 0 Å². The number of unbranched alkanes of at least 4 members (excludes halogenated alkanes) is 22. The van der Waals surface area contributed by atoms with Gasteiger partial charge in [-0.3, -0.25) is 4.79 Å². The van der Waals surface area contributed by atoms with Crippen LogP contribution in [0.15, 0.2) is 0 Å². The standard InChI is InChI=1S/C32H66N2O3/c1-3-5-7-9-11-13-15-17-19-21-23-25-27-36-29-30(31(33)32(34)35)37-28-26-24-22-20-18-16-14-12-10-8-6-4-2/h30-31H,3-29,33H2,1-2H3,(H2,34,35). The number of primary amides is 1. The van der Waals surface area contributed by atoms with E-state index < -0.39 is 18.1 Å². The minimum atomic E-state index is -0.806. The zero-order chi connectivity index (χ0) is 27.2. The van der Waals surface area contributed by atoms with Crippen LogP contribution in [0, 0.1) is 0 Å². The molecule has 222 valence electrons. The SMILES string of the molecule is CCCCCCCCCCCCCCOCC(OCCCCCCCCCCCCCC)C(N)C(N)=O. The van der Waals surface area contributed by atoms with Gasteiger partial charge < -0.3 is 20.9 Å². The Balaban J connectivity index is 3.64. The first-order valence-electron chi connectivity index (χ1n) is 16.4. The van der Waals surface area contributed by atoms with E-state index in [1.807, 2.05) is 0 Å². The van der Waals surface area contributed by atoms with Gasteiger partial charge in [-0.05, 0) is 12.8 Å². The van der Waals surface area contributed by atoms with Crippen LogP contribution in [0.2, 0.25) is 0 Å². The molecule has 0 aliphatic heterocycles.